The number of carboxylic acid groups (broad SMARTS) is 1. The van der Waals surface area contributed by atoms with Crippen molar-refractivity contribution in [1.82, 2.24) is 0 Å². The molecule has 1 heterocycles. The fourth-order valence-electron chi connectivity index (χ4n) is 3.12. The molecule has 0 aliphatic heterocycles. The van der Waals surface area contributed by atoms with Gasteiger partial charge in [-0.15, -0.1) is 11.3 Å². The van der Waals surface area contributed by atoms with Crippen molar-refractivity contribution in [3.05, 3.63) is 16.0 Å². The van der Waals surface area contributed by atoms with E-state index in [2.05, 4.69) is 5.32 Å². The van der Waals surface area contributed by atoms with Gasteiger partial charge in [0.05, 0.1) is 5.56 Å². The Morgan fingerprint density at radius 1 is 1.16 bits per heavy atom. The molecule has 1 amide bonds. The van der Waals surface area contributed by atoms with Crippen molar-refractivity contribution < 1.29 is 14.7 Å². The Hall–Kier alpha value is -1.36. The van der Waals surface area contributed by atoms with Crippen LogP contribution in [-0.4, -0.2) is 17.0 Å². The van der Waals surface area contributed by atoms with Gasteiger partial charge in [-0.2, -0.15) is 0 Å². The first-order valence-corrected chi connectivity index (χ1v) is 7.67. The number of thiophene rings is 1. The lowest BCUT2D eigenvalue weighted by molar-refractivity contribution is -0.119. The van der Waals surface area contributed by atoms with E-state index in [-0.39, 0.29) is 11.8 Å². The first kappa shape index (κ1) is 12.7. The number of nitrogens with one attached hydrogen (secondary N) is 1. The first-order valence-electron chi connectivity index (χ1n) is 6.85. The normalized spacial score (nSPS) is 18.5. The summed E-state index contributed by atoms with van der Waals surface area (Å²) in [6.07, 6.45) is 6.86. The molecule has 5 heteroatoms. The molecule has 0 bridgehead atoms. The van der Waals surface area contributed by atoms with Gasteiger partial charge in [0, 0.05) is 10.8 Å². The van der Waals surface area contributed by atoms with E-state index in [9.17, 15) is 14.7 Å². The summed E-state index contributed by atoms with van der Waals surface area (Å²) >= 11 is 1.45. The molecule has 4 nitrogen and oxygen atoms in total. The lowest BCUT2D eigenvalue weighted by atomic mass is 10.1. The van der Waals surface area contributed by atoms with E-state index in [1.807, 2.05) is 0 Å². The Morgan fingerprint density at radius 3 is 2.58 bits per heavy atom. The van der Waals surface area contributed by atoms with Gasteiger partial charge in [-0.25, -0.2) is 4.79 Å². The highest BCUT2D eigenvalue weighted by Gasteiger charge is 2.29. The molecule has 0 unspecified atom stereocenters. The topological polar surface area (TPSA) is 66.4 Å². The molecule has 102 valence electrons. The molecule has 1 fully saturated rings. The average molecular weight is 279 g/mol. The van der Waals surface area contributed by atoms with Crippen LogP contribution in [0.5, 0.6) is 0 Å². The number of carbonyl (C=O) groups is 2. The zero-order chi connectivity index (χ0) is 13.4. The van der Waals surface area contributed by atoms with Gasteiger partial charge in [-0.3, -0.25) is 4.79 Å². The van der Waals surface area contributed by atoms with E-state index in [0.29, 0.717) is 10.6 Å². The molecule has 2 N–H and O–H groups in total. The van der Waals surface area contributed by atoms with E-state index in [1.54, 1.807) is 0 Å². The van der Waals surface area contributed by atoms with Gasteiger partial charge < -0.3 is 10.4 Å². The summed E-state index contributed by atoms with van der Waals surface area (Å²) in [6.45, 7) is 0. The van der Waals surface area contributed by atoms with Crippen LogP contribution < -0.4 is 5.32 Å². The number of carbonyl (C=O) groups excluding carboxylic acids is 1. The van der Waals surface area contributed by atoms with Gasteiger partial charge in [0.2, 0.25) is 5.91 Å². The summed E-state index contributed by atoms with van der Waals surface area (Å²) in [5, 5.41) is 12.8. The predicted molar refractivity (Wildman–Crippen MR) is 73.9 cm³/mol. The van der Waals surface area contributed by atoms with Crippen molar-refractivity contribution in [2.24, 2.45) is 5.92 Å². The fourth-order valence-corrected chi connectivity index (χ4v) is 4.40. The number of aromatic carboxylic acids is 1. The van der Waals surface area contributed by atoms with Crippen LogP contribution in [0.1, 0.15) is 52.9 Å². The largest absolute Gasteiger partial charge is 0.478 e. The minimum Gasteiger partial charge on any atom is -0.478 e. The summed E-state index contributed by atoms with van der Waals surface area (Å²) in [6, 6.07) is 0. The molecule has 1 saturated carbocycles. The van der Waals surface area contributed by atoms with Crippen LogP contribution in [0.2, 0.25) is 0 Å². The molecular formula is C14H17NO3S. The minimum absolute atomic E-state index is 0.0000709. The fraction of sp³-hybridized carbons (Fsp3) is 0.571. The van der Waals surface area contributed by atoms with Gasteiger partial charge in [-0.05, 0) is 37.7 Å². The van der Waals surface area contributed by atoms with Crippen LogP contribution in [0, 0.1) is 5.92 Å². The van der Waals surface area contributed by atoms with Crippen LogP contribution in [-0.2, 0) is 17.6 Å². The second kappa shape index (κ2) is 4.96. The second-order valence-electron chi connectivity index (χ2n) is 5.34. The molecule has 3 rings (SSSR count). The standard InChI is InChI=1S/C14H17NO3S/c16-12(8-4-1-2-5-8)15-13-11(14(17)18)9-6-3-7-10(9)19-13/h8H,1-7H2,(H,15,16)(H,17,18). The van der Waals surface area contributed by atoms with Crippen molar-refractivity contribution in [2.45, 2.75) is 44.9 Å². The number of hydrogen-bond acceptors (Lipinski definition) is 3. The number of fused-ring (bicyclic) bond motifs is 1. The highest BCUT2D eigenvalue weighted by atomic mass is 32.1. The third kappa shape index (κ3) is 2.27. The maximum Gasteiger partial charge on any atom is 0.339 e. The van der Waals surface area contributed by atoms with E-state index >= 15 is 0 Å². The van der Waals surface area contributed by atoms with E-state index < -0.39 is 5.97 Å². The van der Waals surface area contributed by atoms with Crippen LogP contribution in [0.25, 0.3) is 0 Å². The predicted octanol–water partition coefficient (Wildman–Crippen LogP) is 3.06. The quantitative estimate of drug-likeness (QED) is 0.893. The first-order chi connectivity index (χ1) is 9.16. The van der Waals surface area contributed by atoms with Crippen molar-refractivity contribution in [1.29, 1.82) is 0 Å². The van der Waals surface area contributed by atoms with E-state index in [1.165, 1.54) is 11.3 Å². The third-order valence-electron chi connectivity index (χ3n) is 4.10. The van der Waals surface area contributed by atoms with Crippen LogP contribution in [0.4, 0.5) is 5.00 Å². The zero-order valence-electron chi connectivity index (χ0n) is 10.7. The van der Waals surface area contributed by atoms with Crippen LogP contribution >= 0.6 is 11.3 Å². The zero-order valence-corrected chi connectivity index (χ0v) is 11.5. The van der Waals surface area contributed by atoms with Crippen molar-refractivity contribution in [2.75, 3.05) is 5.32 Å². The molecule has 19 heavy (non-hydrogen) atoms. The summed E-state index contributed by atoms with van der Waals surface area (Å²) in [5.41, 5.74) is 1.28. The average Bonchev–Trinajstić information content (AvgIpc) is 3.03. The van der Waals surface area contributed by atoms with Crippen molar-refractivity contribution >= 4 is 28.2 Å². The SMILES string of the molecule is O=C(O)c1c(NC(=O)C2CCCC2)sc2c1CCC2. The molecule has 0 spiro atoms. The van der Waals surface area contributed by atoms with Crippen LogP contribution in [0.3, 0.4) is 0 Å². The number of anilines is 1. The Balaban J connectivity index is 1.84. The lowest BCUT2D eigenvalue weighted by Crippen LogP contribution is -2.21. The minimum atomic E-state index is -0.916. The highest BCUT2D eigenvalue weighted by molar-refractivity contribution is 7.17. The Bertz CT molecular complexity index is 529. The summed E-state index contributed by atoms with van der Waals surface area (Å²) in [7, 11) is 0. The van der Waals surface area contributed by atoms with Gasteiger partial charge in [0.25, 0.3) is 0 Å². The Morgan fingerprint density at radius 2 is 1.89 bits per heavy atom. The number of amides is 1. The number of aryl methyl sites for hydroxylation is 1. The number of rotatable bonds is 3. The molecule has 2 aliphatic rings. The van der Waals surface area contributed by atoms with Gasteiger partial charge in [0.1, 0.15) is 5.00 Å². The summed E-state index contributed by atoms with van der Waals surface area (Å²) in [4.78, 5) is 24.7. The molecule has 0 aromatic carbocycles. The molecule has 0 saturated heterocycles. The molecule has 0 atom stereocenters. The maximum absolute atomic E-state index is 12.1. The lowest BCUT2D eigenvalue weighted by Gasteiger charge is -2.10. The smallest absolute Gasteiger partial charge is 0.339 e. The van der Waals surface area contributed by atoms with Crippen LogP contribution in [0.15, 0.2) is 0 Å². The van der Waals surface area contributed by atoms with Gasteiger partial charge in [0.15, 0.2) is 0 Å². The number of carboxylic acids is 1. The summed E-state index contributed by atoms with van der Waals surface area (Å²) in [5.74, 6) is -0.848. The Kier molecular flexibility index (Phi) is 3.31. The van der Waals surface area contributed by atoms with E-state index in [0.717, 1.165) is 55.4 Å². The Labute approximate surface area is 115 Å². The molecule has 1 aromatic heterocycles. The maximum atomic E-state index is 12.1. The summed E-state index contributed by atoms with van der Waals surface area (Å²) < 4.78 is 0. The van der Waals surface area contributed by atoms with Crippen molar-refractivity contribution in [3.8, 4) is 0 Å². The van der Waals surface area contributed by atoms with E-state index in [4.69, 9.17) is 0 Å². The molecular weight excluding hydrogens is 262 g/mol. The molecule has 0 radical (unpaired) electrons. The highest BCUT2D eigenvalue weighted by Crippen LogP contribution is 2.39. The molecule has 2 aliphatic carbocycles. The molecule has 1 aromatic rings. The number of hydrogen-bond donors (Lipinski definition) is 2. The van der Waals surface area contributed by atoms with Gasteiger partial charge >= 0.3 is 5.97 Å². The second-order valence-corrected chi connectivity index (χ2v) is 6.44. The monoisotopic (exact) mass is 279 g/mol. The van der Waals surface area contributed by atoms with Gasteiger partial charge in [-0.1, -0.05) is 12.8 Å². The third-order valence-corrected chi connectivity index (χ3v) is 5.31. The van der Waals surface area contributed by atoms with Crippen molar-refractivity contribution in [3.63, 3.8) is 0 Å².